The van der Waals surface area contributed by atoms with Crippen LogP contribution in [-0.2, 0) is 7.05 Å². The first-order valence-corrected chi connectivity index (χ1v) is 5.41. The summed E-state index contributed by atoms with van der Waals surface area (Å²) >= 11 is 0. The lowest BCUT2D eigenvalue weighted by molar-refractivity contribution is 0.102. The molecule has 0 aliphatic carbocycles. The van der Waals surface area contributed by atoms with Crippen LogP contribution in [0.5, 0.6) is 0 Å². The van der Waals surface area contributed by atoms with E-state index in [2.05, 4.69) is 20.6 Å². The first-order valence-electron chi connectivity index (χ1n) is 5.41. The molecule has 2 heterocycles. The molecule has 1 amide bonds. The van der Waals surface area contributed by atoms with Crippen LogP contribution in [0.2, 0.25) is 0 Å². The molecule has 0 aliphatic heterocycles. The Hall–Kier alpha value is -2.11. The molecule has 6 nitrogen and oxygen atoms in total. The summed E-state index contributed by atoms with van der Waals surface area (Å²) in [6, 6.07) is 1.76. The minimum Gasteiger partial charge on any atom is -0.318 e. The fourth-order valence-electron chi connectivity index (χ4n) is 1.43. The summed E-state index contributed by atoms with van der Waals surface area (Å²) in [5.41, 5.74) is 1.99. The fourth-order valence-corrected chi connectivity index (χ4v) is 1.43. The first kappa shape index (κ1) is 11.4. The second-order valence-electron chi connectivity index (χ2n) is 4.22. The molecule has 0 spiro atoms. The lowest BCUT2D eigenvalue weighted by atomic mass is 10.1. The van der Waals surface area contributed by atoms with E-state index in [0.717, 1.165) is 5.69 Å². The summed E-state index contributed by atoms with van der Waals surface area (Å²) in [5, 5.41) is 13.5. The van der Waals surface area contributed by atoms with Gasteiger partial charge in [-0.25, -0.2) is 0 Å². The zero-order chi connectivity index (χ0) is 12.4. The van der Waals surface area contributed by atoms with E-state index in [9.17, 15) is 4.79 Å². The number of H-pyrrole nitrogens is 1. The summed E-state index contributed by atoms with van der Waals surface area (Å²) in [4.78, 5) is 11.8. The van der Waals surface area contributed by atoms with Crippen LogP contribution < -0.4 is 5.32 Å². The van der Waals surface area contributed by atoms with Gasteiger partial charge in [0.25, 0.3) is 5.91 Å². The van der Waals surface area contributed by atoms with Gasteiger partial charge in [0.2, 0.25) is 0 Å². The van der Waals surface area contributed by atoms with Crippen molar-refractivity contribution in [1.82, 2.24) is 20.0 Å². The SMILES string of the molecule is CC(C)c1cc(C(=O)Nc2cnn(C)c2)n[nH]1. The van der Waals surface area contributed by atoms with Gasteiger partial charge in [-0.1, -0.05) is 13.8 Å². The summed E-state index contributed by atoms with van der Waals surface area (Å²) < 4.78 is 1.62. The van der Waals surface area contributed by atoms with E-state index in [1.165, 1.54) is 0 Å². The van der Waals surface area contributed by atoms with Gasteiger partial charge in [-0.2, -0.15) is 10.2 Å². The molecule has 2 aromatic rings. The molecule has 17 heavy (non-hydrogen) atoms. The zero-order valence-electron chi connectivity index (χ0n) is 10.1. The van der Waals surface area contributed by atoms with Gasteiger partial charge >= 0.3 is 0 Å². The Morgan fingerprint density at radius 1 is 1.53 bits per heavy atom. The maximum Gasteiger partial charge on any atom is 0.276 e. The quantitative estimate of drug-likeness (QED) is 0.843. The highest BCUT2D eigenvalue weighted by molar-refractivity contribution is 6.02. The van der Waals surface area contributed by atoms with Crippen molar-refractivity contribution in [3.63, 3.8) is 0 Å². The van der Waals surface area contributed by atoms with Crippen molar-refractivity contribution in [3.8, 4) is 0 Å². The topological polar surface area (TPSA) is 75.6 Å². The zero-order valence-corrected chi connectivity index (χ0v) is 10.1. The average Bonchev–Trinajstić information content (AvgIpc) is 2.86. The molecule has 2 rings (SSSR count). The van der Waals surface area contributed by atoms with Crippen LogP contribution in [0.3, 0.4) is 0 Å². The van der Waals surface area contributed by atoms with Crippen molar-refractivity contribution in [2.24, 2.45) is 7.05 Å². The van der Waals surface area contributed by atoms with Crippen LogP contribution >= 0.6 is 0 Å². The van der Waals surface area contributed by atoms with Gasteiger partial charge in [-0.05, 0) is 12.0 Å². The van der Waals surface area contributed by atoms with Crippen molar-refractivity contribution < 1.29 is 4.79 Å². The standard InChI is InChI=1S/C11H15N5O/c1-7(2)9-4-10(15-14-9)11(17)13-8-5-12-16(3)6-8/h4-7H,1-3H3,(H,13,17)(H,14,15). The molecular formula is C11H15N5O. The first-order chi connectivity index (χ1) is 8.06. The van der Waals surface area contributed by atoms with Crippen LogP contribution in [0.4, 0.5) is 5.69 Å². The number of hydrogen-bond acceptors (Lipinski definition) is 3. The Labute approximate surface area is 99.0 Å². The van der Waals surface area contributed by atoms with E-state index >= 15 is 0 Å². The summed E-state index contributed by atoms with van der Waals surface area (Å²) in [6.07, 6.45) is 3.32. The van der Waals surface area contributed by atoms with Crippen LogP contribution in [0.15, 0.2) is 18.5 Å². The van der Waals surface area contributed by atoms with Crippen molar-refractivity contribution in [3.05, 3.63) is 29.8 Å². The number of anilines is 1. The number of amides is 1. The minimum absolute atomic E-state index is 0.235. The van der Waals surface area contributed by atoms with E-state index in [0.29, 0.717) is 17.3 Å². The number of carbonyl (C=O) groups is 1. The third-order valence-corrected chi connectivity index (χ3v) is 2.42. The fraction of sp³-hybridized carbons (Fsp3) is 0.364. The van der Waals surface area contributed by atoms with E-state index < -0.39 is 0 Å². The van der Waals surface area contributed by atoms with Crippen molar-refractivity contribution in [2.45, 2.75) is 19.8 Å². The normalized spacial score (nSPS) is 10.8. The third-order valence-electron chi connectivity index (χ3n) is 2.42. The molecule has 2 aromatic heterocycles. The van der Waals surface area contributed by atoms with E-state index in [4.69, 9.17) is 0 Å². The molecule has 0 bridgehead atoms. The van der Waals surface area contributed by atoms with Gasteiger partial charge in [-0.3, -0.25) is 14.6 Å². The van der Waals surface area contributed by atoms with Gasteiger partial charge in [0.1, 0.15) is 0 Å². The highest BCUT2D eigenvalue weighted by Crippen LogP contribution is 2.13. The Morgan fingerprint density at radius 2 is 2.29 bits per heavy atom. The van der Waals surface area contributed by atoms with Crippen LogP contribution in [-0.4, -0.2) is 25.9 Å². The number of aromatic nitrogens is 4. The summed E-state index contributed by atoms with van der Waals surface area (Å²) in [6.45, 7) is 4.08. The maximum atomic E-state index is 11.8. The molecule has 0 aromatic carbocycles. The number of carbonyl (C=O) groups excluding carboxylic acids is 1. The molecule has 0 aliphatic rings. The minimum atomic E-state index is -0.235. The largest absolute Gasteiger partial charge is 0.318 e. The molecule has 0 fully saturated rings. The molecule has 0 unspecified atom stereocenters. The molecule has 90 valence electrons. The number of hydrogen-bond donors (Lipinski definition) is 2. The Balaban J connectivity index is 2.09. The number of rotatable bonds is 3. The van der Waals surface area contributed by atoms with E-state index in [1.807, 2.05) is 13.8 Å². The molecule has 0 atom stereocenters. The predicted octanol–water partition coefficient (Wildman–Crippen LogP) is 1.52. The van der Waals surface area contributed by atoms with Gasteiger partial charge in [0, 0.05) is 18.9 Å². The van der Waals surface area contributed by atoms with Gasteiger partial charge in [0.15, 0.2) is 5.69 Å². The Bertz CT molecular complexity index is 525. The lowest BCUT2D eigenvalue weighted by Gasteiger charge is -1.98. The Kier molecular flexibility index (Phi) is 2.95. The number of nitrogens with zero attached hydrogens (tertiary/aromatic N) is 3. The van der Waals surface area contributed by atoms with Gasteiger partial charge in [0.05, 0.1) is 11.9 Å². The monoisotopic (exact) mass is 233 g/mol. The lowest BCUT2D eigenvalue weighted by Crippen LogP contribution is -2.11. The van der Waals surface area contributed by atoms with Gasteiger partial charge < -0.3 is 5.32 Å². The average molecular weight is 233 g/mol. The van der Waals surface area contributed by atoms with E-state index in [-0.39, 0.29) is 5.91 Å². The van der Waals surface area contributed by atoms with Crippen molar-refractivity contribution in [2.75, 3.05) is 5.32 Å². The molecule has 0 saturated heterocycles. The second kappa shape index (κ2) is 4.40. The highest BCUT2D eigenvalue weighted by atomic mass is 16.1. The molecular weight excluding hydrogens is 218 g/mol. The highest BCUT2D eigenvalue weighted by Gasteiger charge is 2.12. The van der Waals surface area contributed by atoms with Crippen molar-refractivity contribution in [1.29, 1.82) is 0 Å². The van der Waals surface area contributed by atoms with Crippen LogP contribution in [0, 0.1) is 0 Å². The number of nitrogens with one attached hydrogen (secondary N) is 2. The van der Waals surface area contributed by atoms with Crippen LogP contribution in [0.1, 0.15) is 35.9 Å². The van der Waals surface area contributed by atoms with Crippen molar-refractivity contribution >= 4 is 11.6 Å². The van der Waals surface area contributed by atoms with Gasteiger partial charge in [-0.15, -0.1) is 0 Å². The molecule has 2 N–H and O–H groups in total. The third kappa shape index (κ3) is 2.52. The second-order valence-corrected chi connectivity index (χ2v) is 4.22. The number of aromatic amines is 1. The van der Waals surface area contributed by atoms with Crippen LogP contribution in [0.25, 0.3) is 0 Å². The molecule has 0 radical (unpaired) electrons. The Morgan fingerprint density at radius 3 is 2.82 bits per heavy atom. The summed E-state index contributed by atoms with van der Waals surface area (Å²) in [7, 11) is 1.79. The number of aryl methyl sites for hydroxylation is 1. The molecule has 0 saturated carbocycles. The maximum absolute atomic E-state index is 11.8. The van der Waals surface area contributed by atoms with E-state index in [1.54, 1.807) is 30.2 Å². The summed E-state index contributed by atoms with van der Waals surface area (Å²) in [5.74, 6) is 0.0867. The predicted molar refractivity (Wildman–Crippen MR) is 63.8 cm³/mol. The smallest absolute Gasteiger partial charge is 0.276 e. The molecule has 6 heteroatoms.